The molecule has 3 heteroatoms. The maximum absolute atomic E-state index is 6.28. The number of hydrogen-bond acceptors (Lipinski definition) is 3. The smallest absolute Gasteiger partial charge is 0.0235 e. The Labute approximate surface area is 114 Å². The van der Waals surface area contributed by atoms with Crippen molar-refractivity contribution in [3.63, 3.8) is 0 Å². The number of nitrogens with two attached hydrogens (primary N) is 1. The normalized spacial score (nSPS) is 24.3. The topological polar surface area (TPSA) is 32.5 Å². The van der Waals surface area contributed by atoms with Gasteiger partial charge in [0.1, 0.15) is 0 Å². The first-order chi connectivity index (χ1) is 8.63. The molecule has 0 aromatic heterocycles. The summed E-state index contributed by atoms with van der Waals surface area (Å²) in [6.07, 6.45) is 9.13. The molecule has 0 amide bonds. The van der Waals surface area contributed by atoms with Gasteiger partial charge in [-0.2, -0.15) is 0 Å². The van der Waals surface area contributed by atoms with Crippen LogP contribution in [0.15, 0.2) is 0 Å². The zero-order valence-electron chi connectivity index (χ0n) is 12.7. The Bertz CT molecular complexity index is 208. The molecule has 0 aromatic carbocycles. The van der Waals surface area contributed by atoms with Crippen molar-refractivity contribution in [3.05, 3.63) is 0 Å². The van der Waals surface area contributed by atoms with Crippen molar-refractivity contribution in [2.24, 2.45) is 5.73 Å². The average Bonchev–Trinajstić information content (AvgIpc) is 2.33. The lowest BCUT2D eigenvalue weighted by Gasteiger charge is -2.38. The van der Waals surface area contributed by atoms with Crippen molar-refractivity contribution in [2.45, 2.75) is 64.0 Å². The van der Waals surface area contributed by atoms with E-state index in [1.165, 1.54) is 58.2 Å². The fourth-order valence-corrected chi connectivity index (χ4v) is 2.83. The molecule has 0 bridgehead atoms. The van der Waals surface area contributed by atoms with Crippen LogP contribution in [0.5, 0.6) is 0 Å². The molecule has 2 unspecified atom stereocenters. The van der Waals surface area contributed by atoms with Gasteiger partial charge in [-0.1, -0.05) is 39.0 Å². The second kappa shape index (κ2) is 8.89. The number of nitrogens with zero attached hydrogens (tertiary/aromatic N) is 2. The summed E-state index contributed by atoms with van der Waals surface area (Å²) in [4.78, 5) is 4.91. The fraction of sp³-hybridized carbons (Fsp3) is 1.00. The molecular formula is C15H33N3. The summed E-state index contributed by atoms with van der Waals surface area (Å²) in [5.41, 5.74) is 6.28. The van der Waals surface area contributed by atoms with E-state index >= 15 is 0 Å². The van der Waals surface area contributed by atoms with Gasteiger partial charge in [0.25, 0.3) is 0 Å². The summed E-state index contributed by atoms with van der Waals surface area (Å²) in [6.45, 7) is 5.82. The maximum atomic E-state index is 6.28. The van der Waals surface area contributed by atoms with E-state index < -0.39 is 0 Å². The minimum Gasteiger partial charge on any atom is -0.328 e. The molecule has 1 rings (SSSR count). The van der Waals surface area contributed by atoms with Gasteiger partial charge in [-0.05, 0) is 26.9 Å². The van der Waals surface area contributed by atoms with Gasteiger partial charge in [-0.3, -0.25) is 0 Å². The molecular weight excluding hydrogens is 222 g/mol. The van der Waals surface area contributed by atoms with Crippen molar-refractivity contribution in [1.29, 1.82) is 0 Å². The zero-order valence-corrected chi connectivity index (χ0v) is 12.7. The standard InChI is InChI=1S/C15H33N3/c1-4-5-6-7-8-9-14(16)12-15-13-17(2)10-11-18(15)3/h14-15H,4-13,16H2,1-3H3. The molecule has 2 N–H and O–H groups in total. The molecule has 1 aliphatic heterocycles. The summed E-state index contributed by atoms with van der Waals surface area (Å²) in [6, 6.07) is 1.06. The van der Waals surface area contributed by atoms with E-state index in [0.29, 0.717) is 12.1 Å². The van der Waals surface area contributed by atoms with Crippen LogP contribution in [0.1, 0.15) is 51.9 Å². The highest BCUT2D eigenvalue weighted by atomic mass is 15.3. The molecule has 0 spiro atoms. The van der Waals surface area contributed by atoms with Crippen molar-refractivity contribution < 1.29 is 0 Å². The van der Waals surface area contributed by atoms with Gasteiger partial charge >= 0.3 is 0 Å². The Kier molecular flexibility index (Phi) is 7.87. The van der Waals surface area contributed by atoms with Crippen molar-refractivity contribution in [2.75, 3.05) is 33.7 Å². The fourth-order valence-electron chi connectivity index (χ4n) is 2.83. The highest BCUT2D eigenvalue weighted by Crippen LogP contribution is 2.14. The van der Waals surface area contributed by atoms with Gasteiger partial charge in [0.15, 0.2) is 0 Å². The van der Waals surface area contributed by atoms with E-state index in [0.717, 1.165) is 6.42 Å². The van der Waals surface area contributed by atoms with E-state index in [9.17, 15) is 0 Å². The van der Waals surface area contributed by atoms with Crippen LogP contribution >= 0.6 is 0 Å². The summed E-state index contributed by atoms with van der Waals surface area (Å²) in [7, 11) is 4.46. The SMILES string of the molecule is CCCCCCCC(N)CC1CN(C)CCN1C. The lowest BCUT2D eigenvalue weighted by atomic mass is 9.99. The van der Waals surface area contributed by atoms with Crippen molar-refractivity contribution in [1.82, 2.24) is 9.80 Å². The van der Waals surface area contributed by atoms with Crippen molar-refractivity contribution in [3.8, 4) is 0 Å². The Morgan fingerprint density at radius 3 is 2.56 bits per heavy atom. The van der Waals surface area contributed by atoms with Crippen LogP contribution < -0.4 is 5.73 Å². The molecule has 1 aliphatic rings. The lowest BCUT2D eigenvalue weighted by molar-refractivity contribution is 0.103. The van der Waals surface area contributed by atoms with Crippen LogP contribution in [-0.2, 0) is 0 Å². The minimum absolute atomic E-state index is 0.394. The van der Waals surface area contributed by atoms with Crippen LogP contribution in [0.4, 0.5) is 0 Å². The number of unbranched alkanes of at least 4 members (excludes halogenated alkanes) is 4. The van der Waals surface area contributed by atoms with Gasteiger partial charge < -0.3 is 15.5 Å². The molecule has 0 saturated carbocycles. The Balaban J connectivity index is 2.12. The third-order valence-electron chi connectivity index (χ3n) is 4.23. The number of rotatable bonds is 8. The van der Waals surface area contributed by atoms with Gasteiger partial charge in [0, 0.05) is 31.7 Å². The highest BCUT2D eigenvalue weighted by molar-refractivity contribution is 4.82. The number of hydrogen-bond donors (Lipinski definition) is 1. The van der Waals surface area contributed by atoms with E-state index in [2.05, 4.69) is 30.8 Å². The Morgan fingerprint density at radius 1 is 1.11 bits per heavy atom. The largest absolute Gasteiger partial charge is 0.328 e. The Hall–Kier alpha value is -0.120. The summed E-state index contributed by atoms with van der Waals surface area (Å²) in [5, 5.41) is 0. The van der Waals surface area contributed by atoms with Gasteiger partial charge in [-0.25, -0.2) is 0 Å². The molecule has 1 fully saturated rings. The molecule has 1 saturated heterocycles. The minimum atomic E-state index is 0.394. The summed E-state index contributed by atoms with van der Waals surface area (Å²) < 4.78 is 0. The molecule has 0 aliphatic carbocycles. The predicted octanol–water partition coefficient (Wildman–Crippen LogP) is 2.31. The molecule has 3 nitrogen and oxygen atoms in total. The summed E-state index contributed by atoms with van der Waals surface area (Å²) in [5.74, 6) is 0. The molecule has 2 atom stereocenters. The monoisotopic (exact) mass is 255 g/mol. The van der Waals surface area contributed by atoms with Gasteiger partial charge in [-0.15, -0.1) is 0 Å². The third-order valence-corrected chi connectivity index (χ3v) is 4.23. The Morgan fingerprint density at radius 2 is 1.83 bits per heavy atom. The van der Waals surface area contributed by atoms with E-state index in [4.69, 9.17) is 5.73 Å². The van der Waals surface area contributed by atoms with Crippen LogP contribution in [0.3, 0.4) is 0 Å². The first-order valence-electron chi connectivity index (χ1n) is 7.77. The summed E-state index contributed by atoms with van der Waals surface area (Å²) >= 11 is 0. The first-order valence-corrected chi connectivity index (χ1v) is 7.77. The molecule has 1 heterocycles. The quantitative estimate of drug-likeness (QED) is 0.676. The van der Waals surface area contributed by atoms with Crippen molar-refractivity contribution >= 4 is 0 Å². The van der Waals surface area contributed by atoms with E-state index in [1.807, 2.05) is 0 Å². The van der Waals surface area contributed by atoms with E-state index in [1.54, 1.807) is 0 Å². The van der Waals surface area contributed by atoms with Gasteiger partial charge in [0.2, 0.25) is 0 Å². The van der Waals surface area contributed by atoms with E-state index in [-0.39, 0.29) is 0 Å². The van der Waals surface area contributed by atoms with Crippen LogP contribution in [0.25, 0.3) is 0 Å². The molecule has 18 heavy (non-hydrogen) atoms. The van der Waals surface area contributed by atoms with Crippen LogP contribution in [0.2, 0.25) is 0 Å². The van der Waals surface area contributed by atoms with Crippen LogP contribution in [0, 0.1) is 0 Å². The van der Waals surface area contributed by atoms with Crippen LogP contribution in [-0.4, -0.2) is 55.6 Å². The van der Waals surface area contributed by atoms with Gasteiger partial charge in [0.05, 0.1) is 0 Å². The number of likely N-dealkylation sites (N-methyl/N-ethyl adjacent to an activating group) is 2. The number of piperazine rings is 1. The highest BCUT2D eigenvalue weighted by Gasteiger charge is 2.23. The molecule has 0 radical (unpaired) electrons. The second-order valence-electron chi connectivity index (χ2n) is 6.10. The molecule has 108 valence electrons. The first kappa shape index (κ1) is 15.9. The predicted molar refractivity (Wildman–Crippen MR) is 79.9 cm³/mol. The maximum Gasteiger partial charge on any atom is 0.0235 e. The molecule has 0 aromatic rings. The second-order valence-corrected chi connectivity index (χ2v) is 6.10. The third kappa shape index (κ3) is 6.17. The lowest BCUT2D eigenvalue weighted by Crippen LogP contribution is -2.51. The average molecular weight is 255 g/mol. The zero-order chi connectivity index (χ0) is 13.4.